The van der Waals surface area contributed by atoms with E-state index in [1.807, 2.05) is 30.3 Å². The van der Waals surface area contributed by atoms with Crippen molar-refractivity contribution >= 4 is 11.9 Å². The van der Waals surface area contributed by atoms with Crippen LogP contribution in [0.15, 0.2) is 30.3 Å². The Labute approximate surface area is 183 Å². The summed E-state index contributed by atoms with van der Waals surface area (Å²) in [5, 5.41) is 0. The summed E-state index contributed by atoms with van der Waals surface area (Å²) in [5.74, 6) is -0.501. The van der Waals surface area contributed by atoms with Crippen LogP contribution < -0.4 is 0 Å². The van der Waals surface area contributed by atoms with Gasteiger partial charge in [-0.3, -0.25) is 9.59 Å². The molecule has 4 heteroatoms. The molecular weight excluding hydrogens is 376 g/mol. The molecule has 30 heavy (non-hydrogen) atoms. The highest BCUT2D eigenvalue weighted by Gasteiger charge is 2.27. The summed E-state index contributed by atoms with van der Waals surface area (Å²) >= 11 is 0. The van der Waals surface area contributed by atoms with E-state index in [0.717, 1.165) is 56.9 Å². The van der Waals surface area contributed by atoms with Crippen molar-refractivity contribution in [2.24, 2.45) is 11.8 Å². The standard InChI is InChI=1S/C26H42O4/c1-5-9-14-21(7-3)19-29-25(27)18-24(23-16-12-11-13-17-23)26(28)30-20-22(8-4)15-10-6-2/h11-13,16-17,21-22,24H,5-10,14-15,18-20H2,1-4H3. The van der Waals surface area contributed by atoms with Crippen LogP contribution in [-0.2, 0) is 19.1 Å². The second-order valence-electron chi connectivity index (χ2n) is 8.31. The number of rotatable bonds is 16. The average Bonchev–Trinajstić information content (AvgIpc) is 2.78. The van der Waals surface area contributed by atoms with Crippen LogP contribution >= 0.6 is 0 Å². The number of esters is 2. The van der Waals surface area contributed by atoms with Crippen molar-refractivity contribution in [3.63, 3.8) is 0 Å². The maximum absolute atomic E-state index is 12.9. The van der Waals surface area contributed by atoms with Crippen molar-refractivity contribution in [2.75, 3.05) is 13.2 Å². The molecule has 0 N–H and O–H groups in total. The van der Waals surface area contributed by atoms with Gasteiger partial charge in [0.1, 0.15) is 0 Å². The van der Waals surface area contributed by atoms with E-state index in [1.54, 1.807) is 0 Å². The number of hydrogen-bond acceptors (Lipinski definition) is 4. The zero-order chi connectivity index (χ0) is 22.2. The zero-order valence-electron chi connectivity index (χ0n) is 19.5. The molecule has 0 aliphatic carbocycles. The Morgan fingerprint density at radius 3 is 1.83 bits per heavy atom. The van der Waals surface area contributed by atoms with E-state index in [0.29, 0.717) is 25.0 Å². The van der Waals surface area contributed by atoms with Crippen molar-refractivity contribution in [3.05, 3.63) is 35.9 Å². The van der Waals surface area contributed by atoms with Gasteiger partial charge in [0.15, 0.2) is 0 Å². The molecule has 0 bridgehead atoms. The largest absolute Gasteiger partial charge is 0.465 e. The molecule has 0 spiro atoms. The van der Waals surface area contributed by atoms with Crippen LogP contribution in [0.2, 0.25) is 0 Å². The third-order valence-corrected chi connectivity index (χ3v) is 5.89. The lowest BCUT2D eigenvalue weighted by Crippen LogP contribution is -2.24. The molecule has 170 valence electrons. The van der Waals surface area contributed by atoms with Gasteiger partial charge in [0.2, 0.25) is 0 Å². The van der Waals surface area contributed by atoms with Gasteiger partial charge in [-0.25, -0.2) is 0 Å². The smallest absolute Gasteiger partial charge is 0.314 e. The zero-order valence-corrected chi connectivity index (χ0v) is 19.5. The van der Waals surface area contributed by atoms with Crippen LogP contribution in [0.25, 0.3) is 0 Å². The third-order valence-electron chi connectivity index (χ3n) is 5.89. The molecule has 0 saturated carbocycles. The highest BCUT2D eigenvalue weighted by Crippen LogP contribution is 2.24. The topological polar surface area (TPSA) is 52.6 Å². The molecule has 0 heterocycles. The van der Waals surface area contributed by atoms with E-state index in [2.05, 4.69) is 27.7 Å². The van der Waals surface area contributed by atoms with Crippen LogP contribution in [0.1, 0.15) is 97.0 Å². The molecule has 0 aliphatic heterocycles. The maximum atomic E-state index is 12.9. The second kappa shape index (κ2) is 15.9. The number of unbranched alkanes of at least 4 members (excludes halogenated alkanes) is 2. The first kappa shape index (κ1) is 26.2. The summed E-state index contributed by atoms with van der Waals surface area (Å²) in [6.07, 6.45) is 8.71. The molecule has 0 aliphatic rings. The molecule has 4 nitrogen and oxygen atoms in total. The second-order valence-corrected chi connectivity index (χ2v) is 8.31. The Kier molecular flexibility index (Phi) is 13.9. The van der Waals surface area contributed by atoms with Gasteiger partial charge in [0.05, 0.1) is 25.6 Å². The van der Waals surface area contributed by atoms with Crippen molar-refractivity contribution in [1.29, 1.82) is 0 Å². The van der Waals surface area contributed by atoms with E-state index < -0.39 is 5.92 Å². The SMILES string of the molecule is CCCCC(CC)COC(=O)CC(C(=O)OCC(CC)CCCC)c1ccccc1. The summed E-state index contributed by atoms with van der Waals surface area (Å²) in [4.78, 5) is 25.4. The fraction of sp³-hybridized carbons (Fsp3) is 0.692. The molecular formula is C26H42O4. The molecule has 0 saturated heterocycles. The highest BCUT2D eigenvalue weighted by atomic mass is 16.5. The Morgan fingerprint density at radius 2 is 1.33 bits per heavy atom. The van der Waals surface area contributed by atoms with Crippen molar-refractivity contribution < 1.29 is 19.1 Å². The van der Waals surface area contributed by atoms with Gasteiger partial charge < -0.3 is 9.47 Å². The van der Waals surface area contributed by atoms with Gasteiger partial charge in [-0.2, -0.15) is 0 Å². The van der Waals surface area contributed by atoms with Crippen LogP contribution in [0.5, 0.6) is 0 Å². The lowest BCUT2D eigenvalue weighted by atomic mass is 9.95. The number of carbonyl (C=O) groups is 2. The lowest BCUT2D eigenvalue weighted by molar-refractivity contribution is -0.153. The van der Waals surface area contributed by atoms with Crippen molar-refractivity contribution in [3.8, 4) is 0 Å². The number of hydrogen-bond donors (Lipinski definition) is 0. The maximum Gasteiger partial charge on any atom is 0.314 e. The number of ether oxygens (including phenoxy) is 2. The minimum atomic E-state index is -0.613. The Morgan fingerprint density at radius 1 is 0.800 bits per heavy atom. The van der Waals surface area contributed by atoms with Gasteiger partial charge in [-0.15, -0.1) is 0 Å². The Hall–Kier alpha value is -1.84. The summed E-state index contributed by atoms with van der Waals surface area (Å²) in [7, 11) is 0. The first-order valence-corrected chi connectivity index (χ1v) is 11.9. The predicted molar refractivity (Wildman–Crippen MR) is 122 cm³/mol. The molecule has 0 radical (unpaired) electrons. The molecule has 1 rings (SSSR count). The Bertz CT molecular complexity index is 584. The molecule has 1 aromatic carbocycles. The summed E-state index contributed by atoms with van der Waals surface area (Å²) in [5.41, 5.74) is 0.805. The van der Waals surface area contributed by atoms with Crippen molar-refractivity contribution in [1.82, 2.24) is 0 Å². The van der Waals surface area contributed by atoms with Gasteiger partial charge in [-0.1, -0.05) is 96.6 Å². The molecule has 1 aromatic rings. The lowest BCUT2D eigenvalue weighted by Gasteiger charge is -2.20. The average molecular weight is 419 g/mol. The van der Waals surface area contributed by atoms with Crippen LogP contribution in [0.4, 0.5) is 0 Å². The molecule has 3 atom stereocenters. The van der Waals surface area contributed by atoms with E-state index >= 15 is 0 Å². The van der Waals surface area contributed by atoms with Crippen molar-refractivity contribution in [2.45, 2.75) is 91.4 Å². The predicted octanol–water partition coefficient (Wildman–Crippen LogP) is 6.68. The van der Waals surface area contributed by atoms with E-state index in [-0.39, 0.29) is 18.4 Å². The molecule has 3 unspecified atom stereocenters. The Balaban J connectivity index is 2.69. The van der Waals surface area contributed by atoms with Crippen LogP contribution in [0, 0.1) is 11.8 Å². The molecule has 0 fully saturated rings. The highest BCUT2D eigenvalue weighted by molar-refractivity contribution is 5.84. The summed E-state index contributed by atoms with van der Waals surface area (Å²) in [6, 6.07) is 9.43. The summed E-state index contributed by atoms with van der Waals surface area (Å²) in [6.45, 7) is 9.44. The van der Waals surface area contributed by atoms with Gasteiger partial charge in [0, 0.05) is 0 Å². The quantitative estimate of drug-likeness (QED) is 0.281. The first-order chi connectivity index (χ1) is 14.5. The fourth-order valence-corrected chi connectivity index (χ4v) is 3.56. The molecule has 0 amide bonds. The van der Waals surface area contributed by atoms with Crippen LogP contribution in [-0.4, -0.2) is 25.2 Å². The number of carbonyl (C=O) groups excluding carboxylic acids is 2. The third kappa shape index (κ3) is 10.3. The van der Waals surface area contributed by atoms with Crippen LogP contribution in [0.3, 0.4) is 0 Å². The first-order valence-electron chi connectivity index (χ1n) is 11.9. The summed E-state index contributed by atoms with van der Waals surface area (Å²) < 4.78 is 11.2. The minimum Gasteiger partial charge on any atom is -0.465 e. The van der Waals surface area contributed by atoms with Gasteiger partial charge in [-0.05, 0) is 30.2 Å². The van der Waals surface area contributed by atoms with E-state index in [4.69, 9.17) is 9.47 Å². The fourth-order valence-electron chi connectivity index (χ4n) is 3.56. The molecule has 0 aromatic heterocycles. The monoisotopic (exact) mass is 418 g/mol. The number of benzene rings is 1. The minimum absolute atomic E-state index is 0.0266. The van der Waals surface area contributed by atoms with E-state index in [1.165, 1.54) is 0 Å². The van der Waals surface area contributed by atoms with Gasteiger partial charge in [0.25, 0.3) is 0 Å². The van der Waals surface area contributed by atoms with E-state index in [9.17, 15) is 9.59 Å². The normalized spacial score (nSPS) is 14.0. The van der Waals surface area contributed by atoms with Gasteiger partial charge >= 0.3 is 11.9 Å².